The Balaban J connectivity index is 1.60. The number of rotatable bonds is 11. The van der Waals surface area contributed by atoms with Crippen molar-refractivity contribution in [1.29, 1.82) is 0 Å². The molecule has 0 heterocycles. The molecule has 3 aromatic rings. The molecule has 0 spiro atoms. The van der Waals surface area contributed by atoms with Crippen molar-refractivity contribution < 1.29 is 18.7 Å². The number of halogens is 2. The van der Waals surface area contributed by atoms with E-state index in [2.05, 4.69) is 28.2 Å². The molecule has 5 nitrogen and oxygen atoms in total. The molecule has 0 saturated heterocycles. The zero-order valence-electron chi connectivity index (χ0n) is 22.4. The Bertz CT molecular complexity index is 1230. The van der Waals surface area contributed by atoms with Crippen molar-refractivity contribution in [2.45, 2.75) is 70.5 Å². The van der Waals surface area contributed by atoms with E-state index < -0.39 is 6.04 Å². The van der Waals surface area contributed by atoms with E-state index in [4.69, 9.17) is 4.74 Å². The van der Waals surface area contributed by atoms with Crippen molar-refractivity contribution in [3.05, 3.63) is 99.8 Å². The molecule has 7 heteroatoms. The third-order valence-corrected chi connectivity index (χ3v) is 7.86. The summed E-state index contributed by atoms with van der Waals surface area (Å²) >= 11 is 3.54. The van der Waals surface area contributed by atoms with Crippen molar-refractivity contribution >= 4 is 27.7 Å². The monoisotopic (exact) mass is 594 g/mol. The number of amides is 2. The lowest BCUT2D eigenvalue weighted by molar-refractivity contribution is -0.143. The molecular formula is C32H36BrFN2O3. The minimum Gasteiger partial charge on any atom is -0.483 e. The van der Waals surface area contributed by atoms with Gasteiger partial charge in [-0.2, -0.15) is 0 Å². The third-order valence-electron chi connectivity index (χ3n) is 7.24. The molecule has 1 N–H and O–H groups in total. The van der Waals surface area contributed by atoms with E-state index in [1.807, 2.05) is 48.5 Å². The second kappa shape index (κ2) is 14.3. The zero-order chi connectivity index (χ0) is 27.6. The van der Waals surface area contributed by atoms with Gasteiger partial charge in [0.15, 0.2) is 6.61 Å². The van der Waals surface area contributed by atoms with E-state index in [0.29, 0.717) is 12.2 Å². The summed E-state index contributed by atoms with van der Waals surface area (Å²) in [6.07, 6.45) is 6.50. The molecule has 1 fully saturated rings. The summed E-state index contributed by atoms with van der Waals surface area (Å²) in [6.45, 7) is 2.01. The fourth-order valence-corrected chi connectivity index (χ4v) is 5.53. The molecule has 1 unspecified atom stereocenters. The number of benzene rings is 3. The van der Waals surface area contributed by atoms with E-state index >= 15 is 0 Å². The van der Waals surface area contributed by atoms with Crippen LogP contribution in [-0.4, -0.2) is 35.4 Å². The number of carbonyl (C=O) groups is 2. The molecule has 1 saturated carbocycles. The van der Waals surface area contributed by atoms with Gasteiger partial charge >= 0.3 is 0 Å². The first-order valence-electron chi connectivity index (χ1n) is 13.7. The minimum atomic E-state index is -0.749. The van der Waals surface area contributed by atoms with Crippen LogP contribution in [0, 0.1) is 5.82 Å². The molecule has 206 valence electrons. The van der Waals surface area contributed by atoms with Gasteiger partial charge in [-0.25, -0.2) is 4.39 Å². The maximum atomic E-state index is 13.8. The van der Waals surface area contributed by atoms with Crippen LogP contribution in [0.1, 0.15) is 55.7 Å². The summed E-state index contributed by atoms with van der Waals surface area (Å²) in [6, 6.07) is 20.9. The minimum absolute atomic E-state index is 0.108. The smallest absolute Gasteiger partial charge is 0.261 e. The standard InChI is InChI=1S/C32H36BrFN2O3/c1-2-23-15-18-30(28(33)19-23)39-22-31(37)36(21-25-13-16-26(34)17-14-25)29(20-24-9-5-3-6-10-24)32(38)35-27-11-7-4-8-12-27/h3,5-6,9-10,13-19,27,29H,2,4,7-8,11-12,20-22H2,1H3,(H,35,38). The first-order chi connectivity index (χ1) is 18.9. The van der Waals surface area contributed by atoms with Gasteiger partial charge in [0.25, 0.3) is 5.91 Å². The van der Waals surface area contributed by atoms with E-state index in [-0.39, 0.29) is 36.8 Å². The maximum absolute atomic E-state index is 13.8. The molecular weight excluding hydrogens is 559 g/mol. The molecule has 0 aliphatic heterocycles. The second-order valence-corrected chi connectivity index (χ2v) is 11.0. The second-order valence-electron chi connectivity index (χ2n) is 10.1. The third kappa shape index (κ3) is 8.40. The van der Waals surface area contributed by atoms with Crippen LogP contribution in [-0.2, 0) is 29.0 Å². The lowest BCUT2D eigenvalue weighted by Gasteiger charge is -2.33. The summed E-state index contributed by atoms with van der Waals surface area (Å²) < 4.78 is 20.4. The molecule has 4 rings (SSSR count). The topological polar surface area (TPSA) is 58.6 Å². The Morgan fingerprint density at radius 1 is 0.974 bits per heavy atom. The first kappa shape index (κ1) is 28.8. The summed E-state index contributed by atoms with van der Waals surface area (Å²) in [7, 11) is 0. The van der Waals surface area contributed by atoms with E-state index in [9.17, 15) is 14.0 Å². The number of aryl methyl sites for hydroxylation is 1. The van der Waals surface area contributed by atoms with Crippen molar-refractivity contribution in [1.82, 2.24) is 10.2 Å². The van der Waals surface area contributed by atoms with Gasteiger partial charge in [0.1, 0.15) is 17.6 Å². The van der Waals surface area contributed by atoms with Crippen LogP contribution in [0.25, 0.3) is 0 Å². The van der Waals surface area contributed by atoms with E-state index in [1.165, 1.54) is 18.6 Å². The fraction of sp³-hybridized carbons (Fsp3) is 0.375. The van der Waals surface area contributed by atoms with Gasteiger partial charge in [0.2, 0.25) is 5.91 Å². The summed E-state index contributed by atoms with van der Waals surface area (Å²) in [5.74, 6) is -0.273. The Hall–Kier alpha value is -3.19. The largest absolute Gasteiger partial charge is 0.483 e. The summed E-state index contributed by atoms with van der Waals surface area (Å²) in [5.41, 5.74) is 2.85. The van der Waals surface area contributed by atoms with Crippen LogP contribution in [0.2, 0.25) is 0 Å². The predicted molar refractivity (Wildman–Crippen MR) is 155 cm³/mol. The van der Waals surface area contributed by atoms with Gasteiger partial charge < -0.3 is 15.0 Å². The van der Waals surface area contributed by atoms with Crippen molar-refractivity contribution in [2.75, 3.05) is 6.61 Å². The molecule has 0 aromatic heterocycles. The van der Waals surface area contributed by atoms with Gasteiger partial charge in [0, 0.05) is 19.0 Å². The van der Waals surface area contributed by atoms with Crippen molar-refractivity contribution in [3.63, 3.8) is 0 Å². The average molecular weight is 596 g/mol. The van der Waals surface area contributed by atoms with E-state index in [0.717, 1.165) is 53.3 Å². The number of hydrogen-bond acceptors (Lipinski definition) is 3. The summed E-state index contributed by atoms with van der Waals surface area (Å²) in [5, 5.41) is 3.22. The van der Waals surface area contributed by atoms with Crippen molar-refractivity contribution in [2.24, 2.45) is 0 Å². The van der Waals surface area contributed by atoms with E-state index in [1.54, 1.807) is 17.0 Å². The normalized spacial score (nSPS) is 14.4. The van der Waals surface area contributed by atoms with Crippen molar-refractivity contribution in [3.8, 4) is 5.75 Å². The van der Waals surface area contributed by atoms with Gasteiger partial charge in [0.05, 0.1) is 4.47 Å². The highest BCUT2D eigenvalue weighted by Gasteiger charge is 2.32. The summed E-state index contributed by atoms with van der Waals surface area (Å²) in [4.78, 5) is 29.1. The lowest BCUT2D eigenvalue weighted by Crippen LogP contribution is -2.53. The molecule has 0 radical (unpaired) electrons. The number of ether oxygens (including phenoxy) is 1. The van der Waals surface area contributed by atoms with Crippen LogP contribution in [0.5, 0.6) is 5.75 Å². The quantitative estimate of drug-likeness (QED) is 0.271. The number of hydrogen-bond donors (Lipinski definition) is 1. The highest BCUT2D eigenvalue weighted by atomic mass is 79.9. The SMILES string of the molecule is CCc1ccc(OCC(=O)N(Cc2ccc(F)cc2)C(Cc2ccccc2)C(=O)NC2CCCCC2)c(Br)c1. The lowest BCUT2D eigenvalue weighted by atomic mass is 9.94. The Labute approximate surface area is 238 Å². The van der Waals surface area contributed by atoms with Crippen LogP contribution in [0.15, 0.2) is 77.3 Å². The molecule has 2 amide bonds. The first-order valence-corrected chi connectivity index (χ1v) is 14.5. The number of carbonyl (C=O) groups excluding carboxylic acids is 2. The van der Waals surface area contributed by atoms with Gasteiger partial charge in [-0.3, -0.25) is 9.59 Å². The van der Waals surface area contributed by atoms with Crippen LogP contribution >= 0.6 is 15.9 Å². The van der Waals surface area contributed by atoms with Crippen LogP contribution in [0.3, 0.4) is 0 Å². The van der Waals surface area contributed by atoms with Crippen LogP contribution in [0.4, 0.5) is 4.39 Å². The fourth-order valence-electron chi connectivity index (χ4n) is 4.99. The highest BCUT2D eigenvalue weighted by Crippen LogP contribution is 2.27. The Kier molecular flexibility index (Phi) is 10.5. The molecule has 1 aliphatic carbocycles. The molecule has 39 heavy (non-hydrogen) atoms. The maximum Gasteiger partial charge on any atom is 0.261 e. The van der Waals surface area contributed by atoms with Gasteiger partial charge in [-0.1, -0.05) is 74.7 Å². The Morgan fingerprint density at radius 3 is 2.33 bits per heavy atom. The van der Waals surface area contributed by atoms with Gasteiger partial charge in [-0.05, 0) is 76.1 Å². The predicted octanol–water partition coefficient (Wildman–Crippen LogP) is 6.62. The molecule has 1 atom stereocenters. The molecule has 0 bridgehead atoms. The zero-order valence-corrected chi connectivity index (χ0v) is 24.0. The molecule has 3 aromatic carbocycles. The average Bonchev–Trinajstić information content (AvgIpc) is 2.96. The van der Waals surface area contributed by atoms with Gasteiger partial charge in [-0.15, -0.1) is 0 Å². The van der Waals surface area contributed by atoms with Crippen LogP contribution < -0.4 is 10.1 Å². The number of nitrogens with one attached hydrogen (secondary N) is 1. The number of nitrogens with zero attached hydrogens (tertiary/aromatic N) is 1. The Morgan fingerprint density at radius 2 is 1.67 bits per heavy atom. The molecule has 1 aliphatic rings. The highest BCUT2D eigenvalue weighted by molar-refractivity contribution is 9.10.